The van der Waals surface area contributed by atoms with Gasteiger partial charge in [-0.2, -0.15) is 13.2 Å². The molecule has 0 saturated carbocycles. The third-order valence-electron chi connectivity index (χ3n) is 3.40. The lowest BCUT2D eigenvalue weighted by Crippen LogP contribution is -2.30. The van der Waals surface area contributed by atoms with E-state index < -0.39 is 11.7 Å². The number of rotatable bonds is 2. The predicted molar refractivity (Wildman–Crippen MR) is 76.4 cm³/mol. The Kier molecular flexibility index (Phi) is 3.90. The molecule has 116 valence electrons. The van der Waals surface area contributed by atoms with Crippen LogP contribution in [-0.4, -0.2) is 23.1 Å². The van der Waals surface area contributed by atoms with E-state index in [1.54, 1.807) is 28.8 Å². The van der Waals surface area contributed by atoms with Crippen LogP contribution < -0.4 is 0 Å². The van der Waals surface area contributed by atoms with Crippen LogP contribution in [0.25, 0.3) is 0 Å². The Balaban J connectivity index is 1.81. The Morgan fingerprint density at radius 1 is 1.23 bits per heavy atom. The summed E-state index contributed by atoms with van der Waals surface area (Å²) >= 11 is 1.57. The lowest BCUT2D eigenvalue weighted by atomic mass is 10.1. The van der Waals surface area contributed by atoms with Crippen molar-refractivity contribution in [2.45, 2.75) is 11.6 Å². The van der Waals surface area contributed by atoms with Gasteiger partial charge in [0.25, 0.3) is 5.91 Å². The molecule has 1 amide bonds. The molecule has 2 aromatic rings. The fourth-order valence-corrected chi connectivity index (χ4v) is 3.52. The number of amides is 1. The minimum Gasteiger partial charge on any atom is -0.466 e. The summed E-state index contributed by atoms with van der Waals surface area (Å²) in [6, 6.07) is 7.82. The van der Waals surface area contributed by atoms with Crippen LogP contribution in [0, 0.1) is 0 Å². The number of benzene rings is 1. The van der Waals surface area contributed by atoms with Crippen molar-refractivity contribution in [3.8, 4) is 0 Å². The molecule has 3 rings (SSSR count). The summed E-state index contributed by atoms with van der Waals surface area (Å²) in [4.78, 5) is 14.1. The average molecular weight is 327 g/mol. The number of nitrogens with zero attached hydrogens (tertiary/aromatic N) is 1. The zero-order chi connectivity index (χ0) is 15.7. The zero-order valence-corrected chi connectivity index (χ0v) is 12.2. The van der Waals surface area contributed by atoms with E-state index in [9.17, 15) is 18.0 Å². The molecule has 0 N–H and O–H groups in total. The fraction of sp³-hybridized carbons (Fsp3) is 0.267. The van der Waals surface area contributed by atoms with Gasteiger partial charge < -0.3 is 9.32 Å². The number of hydrogen-bond acceptors (Lipinski definition) is 3. The molecule has 1 atom stereocenters. The van der Waals surface area contributed by atoms with E-state index in [2.05, 4.69) is 0 Å². The molecule has 3 nitrogen and oxygen atoms in total. The van der Waals surface area contributed by atoms with Crippen LogP contribution in [-0.2, 0) is 6.18 Å². The molecule has 2 heterocycles. The summed E-state index contributed by atoms with van der Waals surface area (Å²) in [5.74, 6) is 1.14. The van der Waals surface area contributed by atoms with Crippen LogP contribution in [0.3, 0.4) is 0 Å². The van der Waals surface area contributed by atoms with Crippen LogP contribution in [0.2, 0.25) is 0 Å². The van der Waals surface area contributed by atoms with Crippen molar-refractivity contribution in [3.63, 3.8) is 0 Å². The normalized spacial score (nSPS) is 18.7. The summed E-state index contributed by atoms with van der Waals surface area (Å²) in [7, 11) is 0. The number of halogens is 3. The lowest BCUT2D eigenvalue weighted by Gasteiger charge is -2.22. The Bertz CT molecular complexity index is 652. The van der Waals surface area contributed by atoms with Crippen LogP contribution in [0.5, 0.6) is 0 Å². The minimum atomic E-state index is -4.40. The third kappa shape index (κ3) is 2.85. The van der Waals surface area contributed by atoms with Gasteiger partial charge >= 0.3 is 6.18 Å². The second kappa shape index (κ2) is 5.72. The van der Waals surface area contributed by atoms with Gasteiger partial charge in [-0.1, -0.05) is 0 Å². The number of hydrogen-bond donors (Lipinski definition) is 0. The van der Waals surface area contributed by atoms with Gasteiger partial charge in [-0.15, -0.1) is 11.8 Å². The fourth-order valence-electron chi connectivity index (χ4n) is 2.31. The first-order valence-corrected chi connectivity index (χ1v) is 7.65. The molecule has 0 aliphatic carbocycles. The standard InChI is InChI=1S/C15H12F3NO2S/c16-15(17,18)11-5-3-10(4-6-11)13(20)19-7-9-22-14(19)12-2-1-8-21-12/h1-6,8,14H,7,9H2/t14-/m1/s1. The first-order chi connectivity index (χ1) is 10.5. The van der Waals surface area contributed by atoms with E-state index in [0.717, 1.165) is 17.9 Å². The molecule has 0 radical (unpaired) electrons. The van der Waals surface area contributed by atoms with Crippen LogP contribution >= 0.6 is 11.8 Å². The summed E-state index contributed by atoms with van der Waals surface area (Å²) in [6.07, 6.45) is -2.86. The van der Waals surface area contributed by atoms with E-state index >= 15 is 0 Å². The number of furan rings is 1. The third-order valence-corrected chi connectivity index (χ3v) is 4.62. The average Bonchev–Trinajstić information content (AvgIpc) is 3.16. The Morgan fingerprint density at radius 2 is 1.95 bits per heavy atom. The van der Waals surface area contributed by atoms with Gasteiger partial charge in [0, 0.05) is 17.9 Å². The quantitative estimate of drug-likeness (QED) is 0.829. The van der Waals surface area contributed by atoms with E-state index in [1.807, 2.05) is 0 Å². The molecule has 0 spiro atoms. The van der Waals surface area contributed by atoms with Crippen molar-refractivity contribution in [2.24, 2.45) is 0 Å². The van der Waals surface area contributed by atoms with E-state index in [4.69, 9.17) is 4.42 Å². The topological polar surface area (TPSA) is 33.5 Å². The highest BCUT2D eigenvalue weighted by Crippen LogP contribution is 2.39. The number of thioether (sulfide) groups is 1. The number of alkyl halides is 3. The van der Waals surface area contributed by atoms with Crippen molar-refractivity contribution >= 4 is 17.7 Å². The molecule has 1 saturated heterocycles. The molecule has 7 heteroatoms. The lowest BCUT2D eigenvalue weighted by molar-refractivity contribution is -0.137. The largest absolute Gasteiger partial charge is 0.466 e. The highest BCUT2D eigenvalue weighted by atomic mass is 32.2. The van der Waals surface area contributed by atoms with E-state index in [0.29, 0.717) is 12.3 Å². The van der Waals surface area contributed by atoms with Gasteiger partial charge in [0.2, 0.25) is 0 Å². The van der Waals surface area contributed by atoms with Crippen LogP contribution in [0.4, 0.5) is 13.2 Å². The number of carbonyl (C=O) groups is 1. The maximum Gasteiger partial charge on any atom is 0.416 e. The van der Waals surface area contributed by atoms with Crippen molar-refractivity contribution in [1.82, 2.24) is 4.90 Å². The van der Waals surface area contributed by atoms with E-state index in [-0.39, 0.29) is 16.8 Å². The molecule has 22 heavy (non-hydrogen) atoms. The first-order valence-electron chi connectivity index (χ1n) is 6.60. The minimum absolute atomic E-state index is 0.232. The van der Waals surface area contributed by atoms with Crippen molar-refractivity contribution in [3.05, 3.63) is 59.5 Å². The molecule has 0 bridgehead atoms. The molecule has 0 unspecified atom stereocenters. The smallest absolute Gasteiger partial charge is 0.416 e. The molecule has 1 aromatic heterocycles. The summed E-state index contributed by atoms with van der Waals surface area (Å²) in [5.41, 5.74) is -0.519. The van der Waals surface area contributed by atoms with Crippen molar-refractivity contribution in [1.29, 1.82) is 0 Å². The van der Waals surface area contributed by atoms with Gasteiger partial charge in [0.15, 0.2) is 0 Å². The van der Waals surface area contributed by atoms with Gasteiger partial charge in [0.05, 0.1) is 11.8 Å². The second-order valence-electron chi connectivity index (χ2n) is 4.81. The number of carbonyl (C=O) groups excluding carboxylic acids is 1. The first kappa shape index (κ1) is 15.0. The summed E-state index contributed by atoms with van der Waals surface area (Å²) < 4.78 is 43.0. The highest BCUT2D eigenvalue weighted by molar-refractivity contribution is 7.99. The highest BCUT2D eigenvalue weighted by Gasteiger charge is 2.34. The van der Waals surface area contributed by atoms with Gasteiger partial charge in [-0.3, -0.25) is 4.79 Å². The maximum absolute atomic E-state index is 12.6. The second-order valence-corrected chi connectivity index (χ2v) is 6.00. The summed E-state index contributed by atoms with van der Waals surface area (Å²) in [6.45, 7) is 0.538. The maximum atomic E-state index is 12.6. The monoisotopic (exact) mass is 327 g/mol. The Labute approximate surface area is 129 Å². The van der Waals surface area contributed by atoms with Gasteiger partial charge in [-0.25, -0.2) is 0 Å². The molecular weight excluding hydrogens is 315 g/mol. The predicted octanol–water partition coefficient (Wildman–Crippen LogP) is 4.19. The van der Waals surface area contributed by atoms with Crippen molar-refractivity contribution < 1.29 is 22.4 Å². The van der Waals surface area contributed by atoms with Gasteiger partial charge in [0.1, 0.15) is 11.1 Å². The summed E-state index contributed by atoms with van der Waals surface area (Å²) in [5, 5.41) is -0.232. The molecule has 1 fully saturated rings. The van der Waals surface area contributed by atoms with Gasteiger partial charge in [-0.05, 0) is 36.4 Å². The Hall–Kier alpha value is -1.89. The van der Waals surface area contributed by atoms with Crippen LogP contribution in [0.1, 0.15) is 27.1 Å². The van der Waals surface area contributed by atoms with Crippen LogP contribution in [0.15, 0.2) is 47.1 Å². The van der Waals surface area contributed by atoms with Crippen molar-refractivity contribution in [2.75, 3.05) is 12.3 Å². The van der Waals surface area contributed by atoms with E-state index in [1.165, 1.54) is 18.4 Å². The Morgan fingerprint density at radius 3 is 2.55 bits per heavy atom. The molecule has 1 aromatic carbocycles. The molecule has 1 aliphatic rings. The SMILES string of the molecule is O=C(c1ccc(C(F)(F)F)cc1)N1CCS[C@@H]1c1ccco1. The molecule has 1 aliphatic heterocycles. The zero-order valence-electron chi connectivity index (χ0n) is 11.3. The molecular formula is C15H12F3NO2S.